The standard InChI is InChI=1S/C12H17FN2/c1-8(6-9-2-3-9)15-12-7-10(13)4-5-11(12)14/h4-5,7-9,15H,2-3,6,14H2,1H3. The lowest BCUT2D eigenvalue weighted by Gasteiger charge is -2.16. The fourth-order valence-corrected chi connectivity index (χ4v) is 1.83. The second-order valence-corrected chi connectivity index (χ2v) is 4.46. The topological polar surface area (TPSA) is 38.0 Å². The van der Waals surface area contributed by atoms with Crippen molar-refractivity contribution in [3.8, 4) is 0 Å². The van der Waals surface area contributed by atoms with Crippen molar-refractivity contribution in [2.75, 3.05) is 11.1 Å². The second kappa shape index (κ2) is 4.09. The molecule has 3 N–H and O–H groups in total. The predicted octanol–water partition coefficient (Wildman–Crippen LogP) is 3.01. The van der Waals surface area contributed by atoms with Crippen LogP contribution in [0.5, 0.6) is 0 Å². The Morgan fingerprint density at radius 1 is 1.53 bits per heavy atom. The van der Waals surface area contributed by atoms with E-state index in [0.29, 0.717) is 17.4 Å². The molecule has 0 saturated heterocycles. The third-order valence-corrected chi connectivity index (χ3v) is 2.80. The highest BCUT2D eigenvalue weighted by Crippen LogP contribution is 2.34. The Balaban J connectivity index is 1.98. The summed E-state index contributed by atoms with van der Waals surface area (Å²) >= 11 is 0. The normalized spacial score (nSPS) is 17.5. The smallest absolute Gasteiger partial charge is 0.125 e. The summed E-state index contributed by atoms with van der Waals surface area (Å²) in [5.41, 5.74) is 7.08. The van der Waals surface area contributed by atoms with Gasteiger partial charge in [0.05, 0.1) is 11.4 Å². The molecule has 0 radical (unpaired) electrons. The summed E-state index contributed by atoms with van der Waals surface area (Å²) in [5.74, 6) is 0.618. The summed E-state index contributed by atoms with van der Waals surface area (Å²) in [6.07, 6.45) is 3.82. The molecule has 1 fully saturated rings. The zero-order chi connectivity index (χ0) is 10.8. The zero-order valence-corrected chi connectivity index (χ0v) is 8.96. The van der Waals surface area contributed by atoms with E-state index in [0.717, 1.165) is 12.3 Å². The molecule has 1 aromatic carbocycles. The molecule has 0 bridgehead atoms. The fraction of sp³-hybridized carbons (Fsp3) is 0.500. The van der Waals surface area contributed by atoms with Crippen molar-refractivity contribution in [1.29, 1.82) is 0 Å². The number of nitrogens with one attached hydrogen (secondary N) is 1. The van der Waals surface area contributed by atoms with E-state index in [9.17, 15) is 4.39 Å². The minimum atomic E-state index is -0.245. The van der Waals surface area contributed by atoms with Crippen molar-refractivity contribution in [2.24, 2.45) is 5.92 Å². The van der Waals surface area contributed by atoms with Gasteiger partial charge in [0.25, 0.3) is 0 Å². The first-order valence-corrected chi connectivity index (χ1v) is 5.46. The lowest BCUT2D eigenvalue weighted by Crippen LogP contribution is -2.16. The number of nitrogen functional groups attached to an aromatic ring is 1. The lowest BCUT2D eigenvalue weighted by atomic mass is 10.1. The minimum absolute atomic E-state index is 0.245. The summed E-state index contributed by atoms with van der Waals surface area (Å²) in [5, 5.41) is 3.26. The van der Waals surface area contributed by atoms with Gasteiger partial charge in [-0.2, -0.15) is 0 Å². The number of nitrogens with two attached hydrogens (primary N) is 1. The maximum absolute atomic E-state index is 13.0. The highest BCUT2D eigenvalue weighted by molar-refractivity contribution is 5.66. The van der Waals surface area contributed by atoms with Gasteiger partial charge < -0.3 is 11.1 Å². The largest absolute Gasteiger partial charge is 0.397 e. The molecule has 0 amide bonds. The Morgan fingerprint density at radius 2 is 2.27 bits per heavy atom. The number of rotatable bonds is 4. The van der Waals surface area contributed by atoms with E-state index < -0.39 is 0 Å². The number of hydrogen-bond acceptors (Lipinski definition) is 2. The van der Waals surface area contributed by atoms with Crippen molar-refractivity contribution in [2.45, 2.75) is 32.2 Å². The van der Waals surface area contributed by atoms with E-state index >= 15 is 0 Å². The van der Waals surface area contributed by atoms with Crippen molar-refractivity contribution in [3.05, 3.63) is 24.0 Å². The maximum atomic E-state index is 13.0. The summed E-state index contributed by atoms with van der Waals surface area (Å²) < 4.78 is 13.0. The molecule has 1 aliphatic rings. The van der Waals surface area contributed by atoms with Crippen LogP contribution in [0.2, 0.25) is 0 Å². The summed E-state index contributed by atoms with van der Waals surface area (Å²) in [7, 11) is 0. The molecule has 15 heavy (non-hydrogen) atoms. The van der Waals surface area contributed by atoms with E-state index in [1.807, 2.05) is 0 Å². The fourth-order valence-electron chi connectivity index (χ4n) is 1.83. The average Bonchev–Trinajstić information content (AvgIpc) is 2.95. The molecule has 0 spiro atoms. The van der Waals surface area contributed by atoms with Crippen LogP contribution in [0.3, 0.4) is 0 Å². The monoisotopic (exact) mass is 208 g/mol. The van der Waals surface area contributed by atoms with Crippen LogP contribution in [0.4, 0.5) is 15.8 Å². The molecule has 1 atom stereocenters. The Bertz CT molecular complexity index is 347. The van der Waals surface area contributed by atoms with Gasteiger partial charge in [0.2, 0.25) is 0 Å². The number of anilines is 2. The van der Waals surface area contributed by atoms with Crippen LogP contribution < -0.4 is 11.1 Å². The maximum Gasteiger partial charge on any atom is 0.125 e. The van der Waals surface area contributed by atoms with Gasteiger partial charge >= 0.3 is 0 Å². The quantitative estimate of drug-likeness (QED) is 0.746. The van der Waals surface area contributed by atoms with Gasteiger partial charge in [-0.3, -0.25) is 0 Å². The highest BCUT2D eigenvalue weighted by Gasteiger charge is 2.23. The van der Waals surface area contributed by atoms with Crippen LogP contribution in [0.15, 0.2) is 18.2 Å². The van der Waals surface area contributed by atoms with Crippen LogP contribution in [0.25, 0.3) is 0 Å². The molecule has 1 unspecified atom stereocenters. The minimum Gasteiger partial charge on any atom is -0.397 e. The van der Waals surface area contributed by atoms with E-state index in [1.54, 1.807) is 6.07 Å². The van der Waals surface area contributed by atoms with Crippen molar-refractivity contribution < 1.29 is 4.39 Å². The van der Waals surface area contributed by atoms with Crippen molar-refractivity contribution >= 4 is 11.4 Å². The zero-order valence-electron chi connectivity index (χ0n) is 8.96. The molecule has 3 heteroatoms. The molecule has 1 saturated carbocycles. The number of halogens is 1. The van der Waals surface area contributed by atoms with Crippen LogP contribution in [0, 0.1) is 11.7 Å². The Morgan fingerprint density at radius 3 is 2.93 bits per heavy atom. The van der Waals surface area contributed by atoms with E-state index in [2.05, 4.69) is 12.2 Å². The van der Waals surface area contributed by atoms with Gasteiger partial charge in [-0.25, -0.2) is 4.39 Å². The van der Waals surface area contributed by atoms with Gasteiger partial charge in [-0.05, 0) is 37.5 Å². The number of hydrogen-bond donors (Lipinski definition) is 2. The molecule has 0 aromatic heterocycles. The molecule has 1 aromatic rings. The summed E-state index contributed by atoms with van der Waals surface area (Å²) in [4.78, 5) is 0. The molecule has 82 valence electrons. The van der Waals surface area contributed by atoms with Gasteiger partial charge in [-0.1, -0.05) is 12.8 Å². The first-order valence-electron chi connectivity index (χ1n) is 5.46. The Hall–Kier alpha value is -1.25. The molecule has 2 rings (SSSR count). The summed E-state index contributed by atoms with van der Waals surface area (Å²) in [6.45, 7) is 2.11. The number of benzene rings is 1. The van der Waals surface area contributed by atoms with E-state index in [4.69, 9.17) is 5.73 Å². The van der Waals surface area contributed by atoms with Gasteiger partial charge in [0.15, 0.2) is 0 Å². The Labute approximate surface area is 89.7 Å². The van der Waals surface area contributed by atoms with E-state index in [-0.39, 0.29) is 5.82 Å². The van der Waals surface area contributed by atoms with Crippen molar-refractivity contribution in [1.82, 2.24) is 0 Å². The van der Waals surface area contributed by atoms with Crippen LogP contribution in [-0.2, 0) is 0 Å². The Kier molecular flexibility index (Phi) is 2.80. The van der Waals surface area contributed by atoms with Crippen LogP contribution in [0.1, 0.15) is 26.2 Å². The first kappa shape index (κ1) is 10.3. The second-order valence-electron chi connectivity index (χ2n) is 4.46. The average molecular weight is 208 g/mol. The molecule has 2 nitrogen and oxygen atoms in total. The molecule has 1 aliphatic carbocycles. The molecular formula is C12H17FN2. The molecular weight excluding hydrogens is 191 g/mol. The lowest BCUT2D eigenvalue weighted by molar-refractivity contribution is 0.624. The van der Waals surface area contributed by atoms with Crippen LogP contribution in [-0.4, -0.2) is 6.04 Å². The summed E-state index contributed by atoms with van der Waals surface area (Å²) in [6, 6.07) is 4.80. The highest BCUT2D eigenvalue weighted by atomic mass is 19.1. The van der Waals surface area contributed by atoms with Crippen LogP contribution >= 0.6 is 0 Å². The van der Waals surface area contributed by atoms with Gasteiger partial charge in [0.1, 0.15) is 5.82 Å². The predicted molar refractivity (Wildman–Crippen MR) is 61.2 cm³/mol. The SMILES string of the molecule is CC(CC1CC1)Nc1cc(F)ccc1N. The molecule has 0 aliphatic heterocycles. The first-order chi connectivity index (χ1) is 7.15. The van der Waals surface area contributed by atoms with E-state index in [1.165, 1.54) is 25.0 Å². The third-order valence-electron chi connectivity index (χ3n) is 2.80. The third kappa shape index (κ3) is 2.85. The van der Waals surface area contributed by atoms with Crippen molar-refractivity contribution in [3.63, 3.8) is 0 Å². The van der Waals surface area contributed by atoms with Gasteiger partial charge in [-0.15, -0.1) is 0 Å². The molecule has 0 heterocycles. The van der Waals surface area contributed by atoms with Gasteiger partial charge in [0, 0.05) is 6.04 Å².